The number of alkyl carbamates (subject to hydrolysis) is 1. The quantitative estimate of drug-likeness (QED) is 0.740. The van der Waals surface area contributed by atoms with Crippen LogP contribution < -0.4 is 5.32 Å². The number of nitrogens with zero attached hydrogens (tertiary/aromatic N) is 4. The van der Waals surface area contributed by atoms with Crippen LogP contribution in [0.4, 0.5) is 4.79 Å². The highest BCUT2D eigenvalue weighted by Gasteiger charge is 2.23. The van der Waals surface area contributed by atoms with Crippen molar-refractivity contribution < 1.29 is 19.1 Å². The number of carbonyl (C=O) groups excluding carboxylic acids is 2. The van der Waals surface area contributed by atoms with Crippen molar-refractivity contribution in [1.82, 2.24) is 25.5 Å². The number of hydrogen-bond donors (Lipinski definition) is 1. The number of rotatable bonds is 7. The zero-order valence-electron chi connectivity index (χ0n) is 13.5. The van der Waals surface area contributed by atoms with Crippen LogP contribution in [0.3, 0.4) is 0 Å². The van der Waals surface area contributed by atoms with Gasteiger partial charge in [0.2, 0.25) is 0 Å². The molecule has 0 spiro atoms. The summed E-state index contributed by atoms with van der Waals surface area (Å²) in [6.45, 7) is 0.119. The lowest BCUT2D eigenvalue weighted by Gasteiger charge is -2.16. The van der Waals surface area contributed by atoms with Gasteiger partial charge in [0, 0.05) is 13.5 Å². The van der Waals surface area contributed by atoms with Crippen molar-refractivity contribution >= 4 is 12.1 Å². The molecule has 1 heterocycles. The summed E-state index contributed by atoms with van der Waals surface area (Å²) in [5.74, 6) is 0.0464. The second-order valence-electron chi connectivity index (χ2n) is 5.04. The van der Waals surface area contributed by atoms with Crippen LogP contribution in [0.2, 0.25) is 0 Å². The molecule has 1 aromatic carbocycles. The van der Waals surface area contributed by atoms with Gasteiger partial charge in [-0.05, 0) is 22.4 Å². The minimum absolute atomic E-state index is 0.119. The predicted octanol–water partition coefficient (Wildman–Crippen LogP) is 0.611. The molecule has 1 N–H and O–H groups in total. The molecule has 0 radical (unpaired) electrons. The molecule has 1 atom stereocenters. The molecule has 1 amide bonds. The summed E-state index contributed by atoms with van der Waals surface area (Å²) < 4.78 is 11.3. The van der Waals surface area contributed by atoms with Crippen molar-refractivity contribution in [3.8, 4) is 0 Å². The van der Waals surface area contributed by atoms with Crippen LogP contribution in [-0.2, 0) is 34.3 Å². The lowest BCUT2D eigenvalue weighted by Crippen LogP contribution is -2.42. The summed E-state index contributed by atoms with van der Waals surface area (Å²) in [5, 5.41) is 13.6. The molecule has 0 bridgehead atoms. The van der Waals surface area contributed by atoms with E-state index in [2.05, 4.69) is 20.8 Å². The molecule has 0 aliphatic carbocycles. The second-order valence-corrected chi connectivity index (χ2v) is 5.04. The molecule has 0 saturated carbocycles. The first kappa shape index (κ1) is 17.4. The zero-order chi connectivity index (χ0) is 17.4. The Morgan fingerprint density at radius 1 is 1.29 bits per heavy atom. The summed E-state index contributed by atoms with van der Waals surface area (Å²) >= 11 is 0. The maximum Gasteiger partial charge on any atom is 0.408 e. The lowest BCUT2D eigenvalue weighted by molar-refractivity contribution is -0.143. The van der Waals surface area contributed by atoms with Gasteiger partial charge in [-0.25, -0.2) is 14.3 Å². The molecule has 9 heteroatoms. The third kappa shape index (κ3) is 5.04. The van der Waals surface area contributed by atoms with Gasteiger partial charge in [0.25, 0.3) is 0 Å². The molecule has 0 aliphatic rings. The topological polar surface area (TPSA) is 108 Å². The van der Waals surface area contributed by atoms with E-state index in [0.29, 0.717) is 18.7 Å². The third-order valence-corrected chi connectivity index (χ3v) is 3.36. The van der Waals surface area contributed by atoms with E-state index in [1.54, 1.807) is 7.05 Å². The minimum atomic E-state index is -0.838. The Bertz CT molecular complexity index is 674. The number of methoxy groups -OCH3 is 1. The minimum Gasteiger partial charge on any atom is -0.467 e. The smallest absolute Gasteiger partial charge is 0.408 e. The van der Waals surface area contributed by atoms with Crippen molar-refractivity contribution in [2.75, 3.05) is 7.11 Å². The van der Waals surface area contributed by atoms with E-state index in [0.717, 1.165) is 5.56 Å². The van der Waals surface area contributed by atoms with Gasteiger partial charge in [0.15, 0.2) is 5.82 Å². The highest BCUT2D eigenvalue weighted by molar-refractivity contribution is 5.81. The Hall–Kier alpha value is -2.97. The number of aryl methyl sites for hydroxylation is 2. The van der Waals surface area contributed by atoms with Gasteiger partial charge in [-0.2, -0.15) is 0 Å². The van der Waals surface area contributed by atoms with Crippen molar-refractivity contribution in [3.63, 3.8) is 0 Å². The van der Waals surface area contributed by atoms with E-state index >= 15 is 0 Å². The van der Waals surface area contributed by atoms with Crippen molar-refractivity contribution in [1.29, 1.82) is 0 Å². The Labute approximate surface area is 138 Å². The third-order valence-electron chi connectivity index (χ3n) is 3.36. The first-order valence-electron chi connectivity index (χ1n) is 7.36. The van der Waals surface area contributed by atoms with E-state index in [1.165, 1.54) is 11.8 Å². The highest BCUT2D eigenvalue weighted by Crippen LogP contribution is 2.04. The van der Waals surface area contributed by atoms with Gasteiger partial charge in [0.1, 0.15) is 12.6 Å². The molecule has 9 nitrogen and oxygen atoms in total. The fourth-order valence-electron chi connectivity index (χ4n) is 2.03. The van der Waals surface area contributed by atoms with E-state index < -0.39 is 18.1 Å². The maximum absolute atomic E-state index is 11.9. The zero-order valence-corrected chi connectivity index (χ0v) is 13.5. The number of aromatic nitrogens is 4. The molecule has 2 rings (SSSR count). The number of carbonyl (C=O) groups is 2. The van der Waals surface area contributed by atoms with Gasteiger partial charge in [-0.15, -0.1) is 5.10 Å². The van der Waals surface area contributed by atoms with Crippen LogP contribution in [0, 0.1) is 0 Å². The Morgan fingerprint density at radius 2 is 2.04 bits per heavy atom. The average molecular weight is 333 g/mol. The normalized spacial score (nSPS) is 11.6. The first-order chi connectivity index (χ1) is 11.6. The molecule has 0 saturated heterocycles. The maximum atomic E-state index is 11.9. The summed E-state index contributed by atoms with van der Waals surface area (Å²) in [4.78, 5) is 23.7. The van der Waals surface area contributed by atoms with Crippen LogP contribution in [-0.4, -0.2) is 45.4 Å². The van der Waals surface area contributed by atoms with Crippen molar-refractivity contribution in [2.24, 2.45) is 7.05 Å². The molecular formula is C15H19N5O4. The monoisotopic (exact) mass is 333 g/mol. The molecule has 0 aliphatic heterocycles. The number of tetrazole rings is 1. The summed E-state index contributed by atoms with van der Waals surface area (Å²) in [6, 6.07) is 8.41. The first-order valence-corrected chi connectivity index (χ1v) is 7.36. The summed E-state index contributed by atoms with van der Waals surface area (Å²) in [5.41, 5.74) is 0.854. The van der Waals surface area contributed by atoms with Crippen LogP contribution in [0.5, 0.6) is 0 Å². The molecule has 1 aromatic heterocycles. The number of amides is 1. The van der Waals surface area contributed by atoms with Crippen molar-refractivity contribution in [2.45, 2.75) is 25.5 Å². The number of esters is 1. The largest absolute Gasteiger partial charge is 0.467 e. The fourth-order valence-corrected chi connectivity index (χ4v) is 2.03. The fraction of sp³-hybridized carbons (Fsp3) is 0.400. The molecule has 0 unspecified atom stereocenters. The highest BCUT2D eigenvalue weighted by atomic mass is 16.6. The molecular weight excluding hydrogens is 314 g/mol. The van der Waals surface area contributed by atoms with E-state index in [4.69, 9.17) is 9.47 Å². The lowest BCUT2D eigenvalue weighted by atomic mass is 10.1. The molecule has 2 aromatic rings. The van der Waals surface area contributed by atoms with Gasteiger partial charge in [-0.1, -0.05) is 30.3 Å². The molecule has 0 fully saturated rings. The number of ether oxygens (including phenoxy) is 2. The van der Waals surface area contributed by atoms with E-state index in [-0.39, 0.29) is 6.61 Å². The Morgan fingerprint density at radius 3 is 2.67 bits per heavy atom. The molecule has 128 valence electrons. The van der Waals surface area contributed by atoms with E-state index in [9.17, 15) is 9.59 Å². The SMILES string of the molecule is COC(=O)[C@H](CCc1nnnn1C)NC(=O)OCc1ccccc1. The van der Waals surface area contributed by atoms with Crippen LogP contribution >= 0.6 is 0 Å². The van der Waals surface area contributed by atoms with Gasteiger partial charge in [-0.3, -0.25) is 0 Å². The number of hydrogen-bond acceptors (Lipinski definition) is 7. The van der Waals surface area contributed by atoms with Crippen LogP contribution in [0.1, 0.15) is 17.8 Å². The predicted molar refractivity (Wildman–Crippen MR) is 82.7 cm³/mol. The summed E-state index contributed by atoms with van der Waals surface area (Å²) in [7, 11) is 2.96. The standard InChI is InChI=1S/C15H19N5O4/c1-20-13(17-18-19-20)9-8-12(14(21)23-2)16-15(22)24-10-11-6-4-3-5-7-11/h3-7,12H,8-10H2,1-2H3,(H,16,22)/t12-/m0/s1. The average Bonchev–Trinajstić information content (AvgIpc) is 3.02. The van der Waals surface area contributed by atoms with Gasteiger partial charge >= 0.3 is 12.1 Å². The van der Waals surface area contributed by atoms with Gasteiger partial charge < -0.3 is 14.8 Å². The Kier molecular flexibility index (Phi) is 6.23. The van der Waals surface area contributed by atoms with Crippen LogP contribution in [0.15, 0.2) is 30.3 Å². The van der Waals surface area contributed by atoms with Gasteiger partial charge in [0.05, 0.1) is 7.11 Å². The molecule has 24 heavy (non-hydrogen) atoms. The van der Waals surface area contributed by atoms with Crippen LogP contribution in [0.25, 0.3) is 0 Å². The Balaban J connectivity index is 1.87. The second kappa shape index (κ2) is 8.61. The van der Waals surface area contributed by atoms with E-state index in [1.807, 2.05) is 30.3 Å². The van der Waals surface area contributed by atoms with Crippen molar-refractivity contribution in [3.05, 3.63) is 41.7 Å². The number of nitrogens with one attached hydrogen (secondary N) is 1. The number of benzene rings is 1. The summed E-state index contributed by atoms with van der Waals surface area (Å²) in [6.07, 6.45) is 0.00847.